The summed E-state index contributed by atoms with van der Waals surface area (Å²) in [5.74, 6) is -0.695. The van der Waals surface area contributed by atoms with Crippen LogP contribution in [0.2, 0.25) is 5.02 Å². The summed E-state index contributed by atoms with van der Waals surface area (Å²) in [6.45, 7) is 0. The van der Waals surface area contributed by atoms with Crippen LogP contribution in [0.4, 0.5) is 4.39 Å². The first-order valence-electron chi connectivity index (χ1n) is 7.34. The Bertz CT molecular complexity index is 884. The van der Waals surface area contributed by atoms with E-state index < -0.39 is 15.7 Å². The van der Waals surface area contributed by atoms with Gasteiger partial charge in [-0.25, -0.2) is 12.8 Å². The molecule has 0 saturated heterocycles. The van der Waals surface area contributed by atoms with Gasteiger partial charge < -0.3 is 0 Å². The van der Waals surface area contributed by atoms with Gasteiger partial charge in [-0.05, 0) is 65.8 Å². The van der Waals surface area contributed by atoms with E-state index >= 15 is 0 Å². The normalized spacial score (nSPS) is 15.3. The predicted molar refractivity (Wildman–Crippen MR) is 91.6 cm³/mol. The van der Waals surface area contributed by atoms with Crippen LogP contribution in [0.1, 0.15) is 30.4 Å². The molecule has 0 aromatic heterocycles. The summed E-state index contributed by atoms with van der Waals surface area (Å²) < 4.78 is 37.2. The lowest BCUT2D eigenvalue weighted by Crippen LogP contribution is -2.01. The summed E-state index contributed by atoms with van der Waals surface area (Å²) in [7, 11) is -3.55. The predicted octanol–water partition coefficient (Wildman–Crippen LogP) is 4.98. The van der Waals surface area contributed by atoms with Crippen molar-refractivity contribution < 1.29 is 12.8 Å². The minimum Gasteiger partial charge on any atom is -0.224 e. The molecule has 0 aliphatic heterocycles. The molecule has 0 spiro atoms. The molecule has 0 N–H and O–H groups in total. The molecule has 1 aliphatic rings. The Morgan fingerprint density at radius 3 is 2.09 bits per heavy atom. The fourth-order valence-electron chi connectivity index (χ4n) is 3.02. The third-order valence-electron chi connectivity index (χ3n) is 4.09. The SMILES string of the molecule is CS(=O)(=O)c1ccc(C2=C(c3ccc(Cl)cc3)CCC2)cc1F. The number of rotatable bonds is 3. The third-order valence-corrected chi connectivity index (χ3v) is 5.47. The van der Waals surface area contributed by atoms with Crippen molar-refractivity contribution in [3.63, 3.8) is 0 Å². The molecule has 3 rings (SSSR count). The summed E-state index contributed by atoms with van der Waals surface area (Å²) in [4.78, 5) is -0.257. The molecule has 0 heterocycles. The van der Waals surface area contributed by atoms with Gasteiger partial charge in [-0.15, -0.1) is 0 Å². The topological polar surface area (TPSA) is 34.1 Å². The van der Waals surface area contributed by atoms with Gasteiger partial charge in [0.05, 0.1) is 0 Å². The molecule has 0 saturated carbocycles. The summed E-state index contributed by atoms with van der Waals surface area (Å²) in [5, 5.41) is 0.678. The number of sulfone groups is 1. The highest BCUT2D eigenvalue weighted by molar-refractivity contribution is 7.90. The second-order valence-corrected chi connectivity index (χ2v) is 8.16. The Balaban J connectivity index is 2.07. The number of halogens is 2. The van der Waals surface area contributed by atoms with Gasteiger partial charge in [0, 0.05) is 11.3 Å². The van der Waals surface area contributed by atoms with Crippen LogP contribution >= 0.6 is 11.6 Å². The molecule has 0 atom stereocenters. The van der Waals surface area contributed by atoms with Crippen LogP contribution in [0.5, 0.6) is 0 Å². The van der Waals surface area contributed by atoms with Crippen LogP contribution < -0.4 is 0 Å². The second kappa shape index (κ2) is 6.10. The zero-order valence-electron chi connectivity index (χ0n) is 12.6. The van der Waals surface area contributed by atoms with Gasteiger partial charge in [0.25, 0.3) is 0 Å². The maximum absolute atomic E-state index is 14.2. The fraction of sp³-hybridized carbons (Fsp3) is 0.222. The van der Waals surface area contributed by atoms with Crippen molar-refractivity contribution in [2.24, 2.45) is 0 Å². The zero-order valence-corrected chi connectivity index (χ0v) is 14.2. The van der Waals surface area contributed by atoms with Gasteiger partial charge in [-0.2, -0.15) is 0 Å². The van der Waals surface area contributed by atoms with Gasteiger partial charge in [0.15, 0.2) is 9.84 Å². The monoisotopic (exact) mass is 350 g/mol. The Kier molecular flexibility index (Phi) is 4.30. The summed E-state index contributed by atoms with van der Waals surface area (Å²) >= 11 is 5.93. The molecule has 0 radical (unpaired) electrons. The Morgan fingerprint density at radius 2 is 1.52 bits per heavy atom. The molecule has 2 nitrogen and oxygen atoms in total. The van der Waals surface area contributed by atoms with Crippen molar-refractivity contribution in [2.75, 3.05) is 6.26 Å². The maximum Gasteiger partial charge on any atom is 0.178 e. The average Bonchev–Trinajstić information content (AvgIpc) is 2.96. The highest BCUT2D eigenvalue weighted by Gasteiger charge is 2.20. The molecule has 0 amide bonds. The first-order chi connectivity index (χ1) is 10.9. The van der Waals surface area contributed by atoms with Crippen LogP contribution in [0.15, 0.2) is 47.4 Å². The van der Waals surface area contributed by atoms with E-state index in [9.17, 15) is 12.8 Å². The molecule has 1 aliphatic carbocycles. The lowest BCUT2D eigenvalue weighted by molar-refractivity contribution is 0.570. The zero-order chi connectivity index (χ0) is 16.6. The fourth-order valence-corrected chi connectivity index (χ4v) is 3.88. The van der Waals surface area contributed by atoms with Crippen molar-refractivity contribution in [2.45, 2.75) is 24.2 Å². The lowest BCUT2D eigenvalue weighted by atomic mass is 9.97. The Hall–Kier alpha value is -1.65. The van der Waals surface area contributed by atoms with Crippen molar-refractivity contribution in [3.8, 4) is 0 Å². The van der Waals surface area contributed by atoms with Crippen LogP contribution in [0.25, 0.3) is 11.1 Å². The average molecular weight is 351 g/mol. The quantitative estimate of drug-likeness (QED) is 0.782. The van der Waals surface area contributed by atoms with E-state index in [1.165, 1.54) is 17.7 Å². The number of benzene rings is 2. The molecular weight excluding hydrogens is 335 g/mol. The molecule has 5 heteroatoms. The van der Waals surface area contributed by atoms with E-state index in [1.807, 2.05) is 24.3 Å². The van der Waals surface area contributed by atoms with Crippen LogP contribution in [-0.4, -0.2) is 14.7 Å². The lowest BCUT2D eigenvalue weighted by Gasteiger charge is -2.10. The molecule has 23 heavy (non-hydrogen) atoms. The minimum atomic E-state index is -3.55. The highest BCUT2D eigenvalue weighted by Crippen LogP contribution is 2.40. The van der Waals surface area contributed by atoms with Crippen molar-refractivity contribution >= 4 is 32.6 Å². The van der Waals surface area contributed by atoms with Crippen molar-refractivity contribution in [1.82, 2.24) is 0 Å². The number of allylic oxidation sites excluding steroid dienone is 2. The summed E-state index contributed by atoms with van der Waals surface area (Å²) in [6.07, 6.45) is 3.80. The van der Waals surface area contributed by atoms with Gasteiger partial charge in [0.2, 0.25) is 0 Å². The summed E-state index contributed by atoms with van der Waals surface area (Å²) in [5.41, 5.74) is 4.08. The van der Waals surface area contributed by atoms with Crippen molar-refractivity contribution in [1.29, 1.82) is 0 Å². The van der Waals surface area contributed by atoms with E-state index in [0.29, 0.717) is 5.02 Å². The highest BCUT2D eigenvalue weighted by atomic mass is 35.5. The molecule has 0 bridgehead atoms. The van der Waals surface area contributed by atoms with E-state index in [-0.39, 0.29) is 4.90 Å². The first-order valence-corrected chi connectivity index (χ1v) is 9.61. The summed E-state index contributed by atoms with van der Waals surface area (Å²) in [6, 6.07) is 12.0. The van der Waals surface area contributed by atoms with Gasteiger partial charge >= 0.3 is 0 Å². The van der Waals surface area contributed by atoms with E-state index in [2.05, 4.69) is 0 Å². The largest absolute Gasteiger partial charge is 0.224 e. The first kappa shape index (κ1) is 16.2. The molecule has 120 valence electrons. The van der Waals surface area contributed by atoms with Gasteiger partial charge in [-0.3, -0.25) is 0 Å². The van der Waals surface area contributed by atoms with Crippen LogP contribution in [-0.2, 0) is 9.84 Å². The van der Waals surface area contributed by atoms with Gasteiger partial charge in [-0.1, -0.05) is 29.8 Å². The third kappa shape index (κ3) is 3.33. The molecule has 2 aromatic rings. The van der Waals surface area contributed by atoms with E-state index in [0.717, 1.165) is 42.2 Å². The Labute approximate surface area is 140 Å². The Morgan fingerprint density at radius 1 is 0.957 bits per heavy atom. The second-order valence-electron chi connectivity index (χ2n) is 5.73. The minimum absolute atomic E-state index is 0.257. The molecule has 2 aromatic carbocycles. The van der Waals surface area contributed by atoms with Crippen LogP contribution in [0.3, 0.4) is 0 Å². The molecule has 0 unspecified atom stereocenters. The van der Waals surface area contributed by atoms with Crippen LogP contribution in [0, 0.1) is 5.82 Å². The number of hydrogen-bond acceptors (Lipinski definition) is 2. The standard InChI is InChI=1S/C18H16ClFO2S/c1-23(21,22)18-10-7-13(11-17(18)20)16-4-2-3-15(16)12-5-8-14(19)9-6-12/h5-11H,2-4H2,1H3. The molecular formula is C18H16ClFO2S. The van der Waals surface area contributed by atoms with Gasteiger partial charge in [0.1, 0.15) is 10.7 Å². The van der Waals surface area contributed by atoms with E-state index in [1.54, 1.807) is 6.07 Å². The van der Waals surface area contributed by atoms with Crippen molar-refractivity contribution in [3.05, 3.63) is 64.4 Å². The smallest absolute Gasteiger partial charge is 0.178 e. The van der Waals surface area contributed by atoms with E-state index in [4.69, 9.17) is 11.6 Å². The molecule has 0 fully saturated rings. The number of hydrogen-bond donors (Lipinski definition) is 0. The maximum atomic E-state index is 14.2.